The van der Waals surface area contributed by atoms with Gasteiger partial charge in [-0.3, -0.25) is 4.79 Å². The number of hydrogen-bond acceptors (Lipinski definition) is 1. The van der Waals surface area contributed by atoms with Crippen LogP contribution < -0.4 is 0 Å². The molecule has 0 unspecified atom stereocenters. The summed E-state index contributed by atoms with van der Waals surface area (Å²) in [5.41, 5.74) is 0.112. The van der Waals surface area contributed by atoms with Gasteiger partial charge in [0.2, 0.25) is 0 Å². The van der Waals surface area contributed by atoms with Gasteiger partial charge in [-0.15, -0.1) is 0 Å². The average molecular weight is 274 g/mol. The Kier molecular flexibility index (Phi) is 4.27. The van der Waals surface area contributed by atoms with Crippen LogP contribution in [0.25, 0.3) is 0 Å². The van der Waals surface area contributed by atoms with Crippen LogP contribution in [0, 0.1) is 5.82 Å². The standard InChI is InChI=1S/C11H13BrFNO/c1-3-14(4-2)11(15)10-8(12)6-5-7-9(10)13/h5-7H,3-4H2,1-2H3. The first-order chi connectivity index (χ1) is 7.11. The first-order valence-electron chi connectivity index (χ1n) is 4.85. The molecule has 1 amide bonds. The molecule has 1 aromatic carbocycles. The van der Waals surface area contributed by atoms with Crippen molar-refractivity contribution in [3.8, 4) is 0 Å². The van der Waals surface area contributed by atoms with Crippen molar-refractivity contribution in [2.75, 3.05) is 13.1 Å². The highest BCUT2D eigenvalue weighted by molar-refractivity contribution is 9.10. The van der Waals surface area contributed by atoms with Crippen molar-refractivity contribution in [1.29, 1.82) is 0 Å². The molecule has 0 saturated heterocycles. The zero-order chi connectivity index (χ0) is 11.4. The van der Waals surface area contributed by atoms with E-state index >= 15 is 0 Å². The molecule has 0 saturated carbocycles. The van der Waals surface area contributed by atoms with Crippen molar-refractivity contribution in [1.82, 2.24) is 4.90 Å². The van der Waals surface area contributed by atoms with E-state index in [0.717, 1.165) is 0 Å². The van der Waals surface area contributed by atoms with Gasteiger partial charge >= 0.3 is 0 Å². The van der Waals surface area contributed by atoms with Crippen LogP contribution in [0.4, 0.5) is 4.39 Å². The molecule has 0 aliphatic carbocycles. The SMILES string of the molecule is CCN(CC)C(=O)c1c(F)cccc1Br. The molecule has 0 aromatic heterocycles. The van der Waals surface area contributed by atoms with E-state index in [1.165, 1.54) is 6.07 Å². The fourth-order valence-electron chi connectivity index (χ4n) is 1.37. The molecule has 1 rings (SSSR count). The second kappa shape index (κ2) is 5.26. The number of nitrogens with zero attached hydrogens (tertiary/aromatic N) is 1. The Morgan fingerprint density at radius 2 is 2.00 bits per heavy atom. The molecule has 0 atom stereocenters. The van der Waals surface area contributed by atoms with Crippen LogP contribution in [0.15, 0.2) is 22.7 Å². The highest BCUT2D eigenvalue weighted by Crippen LogP contribution is 2.21. The third kappa shape index (κ3) is 2.56. The lowest BCUT2D eigenvalue weighted by Crippen LogP contribution is -2.31. The van der Waals surface area contributed by atoms with Crippen LogP contribution in [0.3, 0.4) is 0 Å². The van der Waals surface area contributed by atoms with Gasteiger partial charge in [-0.05, 0) is 41.9 Å². The van der Waals surface area contributed by atoms with Crippen molar-refractivity contribution in [3.05, 3.63) is 34.1 Å². The van der Waals surface area contributed by atoms with Crippen molar-refractivity contribution in [2.24, 2.45) is 0 Å². The summed E-state index contributed by atoms with van der Waals surface area (Å²) in [6.07, 6.45) is 0. The van der Waals surface area contributed by atoms with E-state index in [1.54, 1.807) is 17.0 Å². The maximum atomic E-state index is 13.5. The van der Waals surface area contributed by atoms with Crippen molar-refractivity contribution in [3.63, 3.8) is 0 Å². The fraction of sp³-hybridized carbons (Fsp3) is 0.364. The molecule has 82 valence electrons. The monoisotopic (exact) mass is 273 g/mol. The van der Waals surface area contributed by atoms with E-state index in [9.17, 15) is 9.18 Å². The number of rotatable bonds is 3. The largest absolute Gasteiger partial charge is 0.339 e. The normalized spacial score (nSPS) is 10.1. The van der Waals surface area contributed by atoms with E-state index in [-0.39, 0.29) is 11.5 Å². The van der Waals surface area contributed by atoms with Crippen LogP contribution in [-0.4, -0.2) is 23.9 Å². The smallest absolute Gasteiger partial charge is 0.257 e. The molecule has 0 heterocycles. The van der Waals surface area contributed by atoms with Gasteiger partial charge in [-0.25, -0.2) is 4.39 Å². The summed E-state index contributed by atoms with van der Waals surface area (Å²) in [6.45, 7) is 4.90. The lowest BCUT2D eigenvalue weighted by Gasteiger charge is -2.19. The van der Waals surface area contributed by atoms with Gasteiger partial charge in [-0.1, -0.05) is 6.07 Å². The third-order valence-electron chi connectivity index (χ3n) is 2.23. The average Bonchev–Trinajstić information content (AvgIpc) is 2.19. The summed E-state index contributed by atoms with van der Waals surface area (Å²) in [5.74, 6) is -0.758. The molecule has 0 N–H and O–H groups in total. The van der Waals surface area contributed by atoms with E-state index in [4.69, 9.17) is 0 Å². The third-order valence-corrected chi connectivity index (χ3v) is 2.89. The van der Waals surface area contributed by atoms with Gasteiger partial charge in [0, 0.05) is 17.6 Å². The second-order valence-electron chi connectivity index (χ2n) is 3.07. The highest BCUT2D eigenvalue weighted by atomic mass is 79.9. The summed E-state index contributed by atoms with van der Waals surface area (Å²) in [5, 5.41) is 0. The van der Waals surface area contributed by atoms with Crippen LogP contribution in [0.2, 0.25) is 0 Å². The van der Waals surface area contributed by atoms with Crippen LogP contribution in [0.5, 0.6) is 0 Å². The molecule has 2 nitrogen and oxygen atoms in total. The first-order valence-corrected chi connectivity index (χ1v) is 5.64. The topological polar surface area (TPSA) is 20.3 Å². The van der Waals surface area contributed by atoms with E-state index in [1.807, 2.05) is 13.8 Å². The summed E-state index contributed by atoms with van der Waals surface area (Å²) >= 11 is 3.19. The quantitative estimate of drug-likeness (QED) is 0.829. The lowest BCUT2D eigenvalue weighted by atomic mass is 10.2. The van der Waals surface area contributed by atoms with Gasteiger partial charge in [0.1, 0.15) is 5.82 Å². The fourth-order valence-corrected chi connectivity index (χ4v) is 1.88. The Labute approximate surface area is 97.2 Å². The molecular weight excluding hydrogens is 261 g/mol. The molecule has 0 aliphatic heterocycles. The minimum Gasteiger partial charge on any atom is -0.339 e. The molecule has 4 heteroatoms. The van der Waals surface area contributed by atoms with Crippen molar-refractivity contribution >= 4 is 21.8 Å². The Morgan fingerprint density at radius 3 is 2.47 bits per heavy atom. The Balaban J connectivity index is 3.10. The van der Waals surface area contributed by atoms with E-state index in [2.05, 4.69) is 15.9 Å². The van der Waals surface area contributed by atoms with Crippen molar-refractivity contribution < 1.29 is 9.18 Å². The summed E-state index contributed by atoms with van der Waals surface area (Å²) in [7, 11) is 0. The number of hydrogen-bond donors (Lipinski definition) is 0. The molecule has 15 heavy (non-hydrogen) atoms. The molecule has 0 radical (unpaired) electrons. The Hall–Kier alpha value is -0.900. The number of amides is 1. The molecule has 0 spiro atoms. The number of carbonyl (C=O) groups is 1. The number of benzene rings is 1. The second-order valence-corrected chi connectivity index (χ2v) is 3.93. The molecule has 1 aromatic rings. The zero-order valence-corrected chi connectivity index (χ0v) is 10.3. The number of carbonyl (C=O) groups excluding carboxylic acids is 1. The van der Waals surface area contributed by atoms with Gasteiger partial charge in [-0.2, -0.15) is 0 Å². The first kappa shape index (κ1) is 12.2. The maximum Gasteiger partial charge on any atom is 0.257 e. The molecule has 0 bridgehead atoms. The highest BCUT2D eigenvalue weighted by Gasteiger charge is 2.19. The molecular formula is C11H13BrFNO. The van der Waals surface area contributed by atoms with Crippen molar-refractivity contribution in [2.45, 2.75) is 13.8 Å². The predicted molar refractivity (Wildman–Crippen MR) is 61.4 cm³/mol. The van der Waals surface area contributed by atoms with Gasteiger partial charge < -0.3 is 4.90 Å². The zero-order valence-electron chi connectivity index (χ0n) is 8.76. The van der Waals surface area contributed by atoms with Crippen LogP contribution >= 0.6 is 15.9 Å². The minimum absolute atomic E-state index is 0.112. The van der Waals surface area contributed by atoms with Gasteiger partial charge in [0.25, 0.3) is 5.91 Å². The number of halogens is 2. The lowest BCUT2D eigenvalue weighted by molar-refractivity contribution is 0.0767. The maximum absolute atomic E-state index is 13.5. The van der Waals surface area contributed by atoms with E-state index < -0.39 is 5.82 Å². The Morgan fingerprint density at radius 1 is 1.40 bits per heavy atom. The van der Waals surface area contributed by atoms with E-state index in [0.29, 0.717) is 17.6 Å². The van der Waals surface area contributed by atoms with Gasteiger partial charge in [0.15, 0.2) is 0 Å². The molecule has 0 aliphatic rings. The van der Waals surface area contributed by atoms with Crippen LogP contribution in [0.1, 0.15) is 24.2 Å². The Bertz CT molecular complexity index is 343. The molecule has 0 fully saturated rings. The summed E-state index contributed by atoms with van der Waals surface area (Å²) in [4.78, 5) is 13.5. The predicted octanol–water partition coefficient (Wildman–Crippen LogP) is 3.07. The summed E-state index contributed by atoms with van der Waals surface area (Å²) < 4.78 is 14.0. The van der Waals surface area contributed by atoms with Crippen LogP contribution in [-0.2, 0) is 0 Å². The minimum atomic E-state index is -0.485. The summed E-state index contributed by atoms with van der Waals surface area (Å²) in [6, 6.07) is 4.53. The van der Waals surface area contributed by atoms with Gasteiger partial charge in [0.05, 0.1) is 5.56 Å².